The van der Waals surface area contributed by atoms with Gasteiger partial charge < -0.3 is 14.2 Å². The minimum absolute atomic E-state index is 0.0186. The fourth-order valence-electron chi connectivity index (χ4n) is 3.45. The average Bonchev–Trinajstić information content (AvgIpc) is 3.15. The second-order valence-electron chi connectivity index (χ2n) is 6.73. The molecule has 0 atom stereocenters. The molecule has 0 unspecified atom stereocenters. The third-order valence-electron chi connectivity index (χ3n) is 4.91. The van der Waals surface area contributed by atoms with Crippen molar-refractivity contribution in [1.29, 1.82) is 0 Å². The van der Waals surface area contributed by atoms with Gasteiger partial charge in [0.15, 0.2) is 0 Å². The van der Waals surface area contributed by atoms with Crippen LogP contribution in [-0.4, -0.2) is 35.0 Å². The van der Waals surface area contributed by atoms with Gasteiger partial charge in [0.05, 0.1) is 12.7 Å². The molecule has 5 nitrogen and oxygen atoms in total. The van der Waals surface area contributed by atoms with Gasteiger partial charge in [-0.15, -0.1) is 0 Å². The predicted molar refractivity (Wildman–Crippen MR) is 107 cm³/mol. The first-order valence-electron chi connectivity index (χ1n) is 8.98. The van der Waals surface area contributed by atoms with Crippen LogP contribution in [-0.2, 0) is 17.8 Å². The number of esters is 1. The Labute approximate surface area is 168 Å². The smallest absolute Gasteiger partial charge is 0.337 e. The Balaban J connectivity index is 1.55. The molecule has 0 saturated carbocycles. The van der Waals surface area contributed by atoms with Gasteiger partial charge in [-0.05, 0) is 41.5 Å². The summed E-state index contributed by atoms with van der Waals surface area (Å²) in [4.78, 5) is 26.5. The highest BCUT2D eigenvalue weighted by atomic mass is 35.5. The molecule has 3 aromatic rings. The summed E-state index contributed by atoms with van der Waals surface area (Å²) in [5, 5.41) is 0.684. The van der Waals surface area contributed by atoms with Crippen LogP contribution >= 0.6 is 11.6 Å². The zero-order chi connectivity index (χ0) is 19.7. The molecule has 1 aliphatic heterocycles. The lowest BCUT2D eigenvalue weighted by atomic mass is 10.1. The van der Waals surface area contributed by atoms with Crippen molar-refractivity contribution in [2.75, 3.05) is 13.7 Å². The number of hydrogen-bond acceptors (Lipinski definition) is 3. The number of carbonyl (C=O) groups excluding carboxylic acids is 2. The normalized spacial score (nSPS) is 13.4. The number of fused-ring (bicyclic) bond motifs is 1. The number of ether oxygens (including phenoxy) is 1. The van der Waals surface area contributed by atoms with Gasteiger partial charge >= 0.3 is 5.97 Å². The van der Waals surface area contributed by atoms with E-state index in [1.807, 2.05) is 47.2 Å². The zero-order valence-corrected chi connectivity index (χ0v) is 16.1. The highest BCUT2D eigenvalue weighted by Crippen LogP contribution is 2.27. The molecule has 1 amide bonds. The van der Waals surface area contributed by atoms with Crippen molar-refractivity contribution < 1.29 is 14.3 Å². The van der Waals surface area contributed by atoms with E-state index >= 15 is 0 Å². The molecular formula is C22H19ClN2O3. The average molecular weight is 395 g/mol. The summed E-state index contributed by atoms with van der Waals surface area (Å²) in [6.45, 7) is 1.79. The van der Waals surface area contributed by atoms with Crippen LogP contribution in [0.3, 0.4) is 0 Å². The SMILES string of the molecule is COC(=O)c1cccc(CN2CCn3cc(-c4ccc(Cl)cc4)cc3C2=O)c1. The number of aromatic nitrogens is 1. The molecule has 0 aliphatic carbocycles. The number of amides is 1. The maximum absolute atomic E-state index is 13.0. The molecule has 2 aromatic carbocycles. The van der Waals surface area contributed by atoms with Crippen LogP contribution in [0.4, 0.5) is 0 Å². The number of nitrogens with zero attached hydrogens (tertiary/aromatic N) is 2. The summed E-state index contributed by atoms with van der Waals surface area (Å²) in [5.74, 6) is -0.400. The maximum Gasteiger partial charge on any atom is 0.337 e. The van der Waals surface area contributed by atoms with Crippen LogP contribution in [0.15, 0.2) is 60.8 Å². The van der Waals surface area contributed by atoms with E-state index in [4.69, 9.17) is 16.3 Å². The molecule has 1 aliphatic rings. The minimum atomic E-state index is -0.381. The number of methoxy groups -OCH3 is 1. The fraction of sp³-hybridized carbons (Fsp3) is 0.182. The van der Waals surface area contributed by atoms with Crippen molar-refractivity contribution in [2.45, 2.75) is 13.1 Å². The summed E-state index contributed by atoms with van der Waals surface area (Å²) in [5.41, 5.74) is 4.07. The largest absolute Gasteiger partial charge is 0.465 e. The lowest BCUT2D eigenvalue weighted by Crippen LogP contribution is -2.39. The monoisotopic (exact) mass is 394 g/mol. The van der Waals surface area contributed by atoms with Crippen LogP contribution in [0.1, 0.15) is 26.4 Å². The van der Waals surface area contributed by atoms with Gasteiger partial charge in [-0.2, -0.15) is 0 Å². The molecule has 0 radical (unpaired) electrons. The Bertz CT molecular complexity index is 1040. The number of rotatable bonds is 4. The maximum atomic E-state index is 13.0. The van der Waals surface area contributed by atoms with E-state index in [9.17, 15) is 9.59 Å². The minimum Gasteiger partial charge on any atom is -0.465 e. The molecule has 28 heavy (non-hydrogen) atoms. The van der Waals surface area contributed by atoms with Crippen molar-refractivity contribution in [2.24, 2.45) is 0 Å². The van der Waals surface area contributed by atoms with Crippen LogP contribution in [0, 0.1) is 0 Å². The van der Waals surface area contributed by atoms with Crippen LogP contribution in [0.25, 0.3) is 11.1 Å². The first kappa shape index (κ1) is 18.3. The van der Waals surface area contributed by atoms with E-state index in [2.05, 4.69) is 0 Å². The van der Waals surface area contributed by atoms with Crippen LogP contribution < -0.4 is 0 Å². The summed E-state index contributed by atoms with van der Waals surface area (Å²) in [6.07, 6.45) is 2.01. The third kappa shape index (κ3) is 3.53. The third-order valence-corrected chi connectivity index (χ3v) is 5.16. The number of halogens is 1. The van der Waals surface area contributed by atoms with Gasteiger partial charge in [-0.25, -0.2) is 4.79 Å². The highest BCUT2D eigenvalue weighted by Gasteiger charge is 2.25. The Kier molecular flexibility index (Phi) is 4.92. The first-order valence-corrected chi connectivity index (χ1v) is 9.35. The van der Waals surface area contributed by atoms with Crippen molar-refractivity contribution in [1.82, 2.24) is 9.47 Å². The second kappa shape index (κ2) is 7.52. The van der Waals surface area contributed by atoms with Crippen molar-refractivity contribution in [3.63, 3.8) is 0 Å². The molecule has 2 heterocycles. The van der Waals surface area contributed by atoms with Gasteiger partial charge in [-0.1, -0.05) is 35.9 Å². The van der Waals surface area contributed by atoms with Crippen LogP contribution in [0.5, 0.6) is 0 Å². The molecule has 142 valence electrons. The Morgan fingerprint density at radius 1 is 1.07 bits per heavy atom. The Morgan fingerprint density at radius 2 is 1.86 bits per heavy atom. The molecule has 0 bridgehead atoms. The van der Waals surface area contributed by atoms with Crippen LogP contribution in [0.2, 0.25) is 5.02 Å². The summed E-state index contributed by atoms with van der Waals surface area (Å²) in [6, 6.07) is 16.7. The molecule has 1 aromatic heterocycles. The number of hydrogen-bond donors (Lipinski definition) is 0. The fourth-order valence-corrected chi connectivity index (χ4v) is 3.58. The summed E-state index contributed by atoms with van der Waals surface area (Å²) >= 11 is 5.96. The molecule has 0 saturated heterocycles. The molecule has 0 N–H and O–H groups in total. The van der Waals surface area contributed by atoms with Gasteiger partial charge in [0.1, 0.15) is 5.69 Å². The molecule has 0 fully saturated rings. The van der Waals surface area contributed by atoms with Gasteiger partial charge in [-0.3, -0.25) is 4.79 Å². The predicted octanol–water partition coefficient (Wildman–Crippen LogP) is 4.25. The topological polar surface area (TPSA) is 51.5 Å². The number of carbonyl (C=O) groups is 2. The Morgan fingerprint density at radius 3 is 2.61 bits per heavy atom. The standard InChI is InChI=1S/C22H19ClN2O3/c1-28-22(27)17-4-2-3-15(11-17)13-25-10-9-24-14-18(12-20(24)21(25)26)16-5-7-19(23)8-6-16/h2-8,11-12,14H,9-10,13H2,1H3. The molecule has 6 heteroatoms. The van der Waals surface area contributed by atoms with E-state index in [1.165, 1.54) is 7.11 Å². The second-order valence-corrected chi connectivity index (χ2v) is 7.17. The molecular weight excluding hydrogens is 376 g/mol. The first-order chi connectivity index (χ1) is 13.5. The number of benzene rings is 2. The van der Waals surface area contributed by atoms with E-state index in [1.54, 1.807) is 23.1 Å². The van der Waals surface area contributed by atoms with Crippen molar-refractivity contribution >= 4 is 23.5 Å². The summed E-state index contributed by atoms with van der Waals surface area (Å²) < 4.78 is 6.76. The molecule has 0 spiro atoms. The van der Waals surface area contributed by atoms with Crippen molar-refractivity contribution in [3.05, 3.63) is 82.6 Å². The van der Waals surface area contributed by atoms with Gasteiger partial charge in [0.25, 0.3) is 5.91 Å². The van der Waals surface area contributed by atoms with Crippen molar-refractivity contribution in [3.8, 4) is 11.1 Å². The lowest BCUT2D eigenvalue weighted by molar-refractivity contribution is 0.0600. The van der Waals surface area contributed by atoms with E-state index in [0.29, 0.717) is 29.4 Å². The zero-order valence-electron chi connectivity index (χ0n) is 15.4. The quantitative estimate of drug-likeness (QED) is 0.621. The van der Waals surface area contributed by atoms with E-state index < -0.39 is 0 Å². The molecule has 4 rings (SSSR count). The Hall–Kier alpha value is -3.05. The lowest BCUT2D eigenvalue weighted by Gasteiger charge is -2.28. The van der Waals surface area contributed by atoms with Gasteiger partial charge in [0.2, 0.25) is 0 Å². The highest BCUT2D eigenvalue weighted by molar-refractivity contribution is 6.30. The van der Waals surface area contributed by atoms with Gasteiger partial charge in [0, 0.05) is 36.4 Å². The van der Waals surface area contributed by atoms with E-state index in [0.717, 1.165) is 23.2 Å². The van der Waals surface area contributed by atoms with E-state index in [-0.39, 0.29) is 11.9 Å². The summed E-state index contributed by atoms with van der Waals surface area (Å²) in [7, 11) is 1.36.